The van der Waals surface area contributed by atoms with Gasteiger partial charge in [-0.3, -0.25) is 0 Å². The number of nitrogens with two attached hydrogens (primary N) is 1. The molecule has 1 nitrogen and oxygen atoms in total. The van der Waals surface area contributed by atoms with Gasteiger partial charge in [-0.05, 0) is 18.8 Å². The molecule has 0 aliphatic heterocycles. The van der Waals surface area contributed by atoms with Crippen molar-refractivity contribution in [3.8, 4) is 0 Å². The highest BCUT2D eigenvalue weighted by atomic mass is 14.6. The maximum Gasteiger partial charge on any atom is 0.00648 e. The standard InChI is InChI=1S/C8H17N/c1-4-5-6-8(9)7(2)3/h4,7-8H,1,5-6,9H2,2-3H3/t8-/m1/s1. The SMILES string of the molecule is C=CCC[C@@H](N)C(C)C. The molecule has 54 valence electrons. The summed E-state index contributed by atoms with van der Waals surface area (Å²) in [6.45, 7) is 7.93. The van der Waals surface area contributed by atoms with Crippen LogP contribution >= 0.6 is 0 Å². The van der Waals surface area contributed by atoms with Crippen molar-refractivity contribution < 1.29 is 0 Å². The topological polar surface area (TPSA) is 26.0 Å². The summed E-state index contributed by atoms with van der Waals surface area (Å²) in [5.41, 5.74) is 5.75. The predicted molar refractivity (Wildman–Crippen MR) is 42.2 cm³/mol. The summed E-state index contributed by atoms with van der Waals surface area (Å²) < 4.78 is 0. The first kappa shape index (κ1) is 8.70. The quantitative estimate of drug-likeness (QED) is 0.574. The summed E-state index contributed by atoms with van der Waals surface area (Å²) in [6, 6.07) is 0.350. The number of rotatable bonds is 4. The Morgan fingerprint density at radius 2 is 2.11 bits per heavy atom. The third-order valence-corrected chi connectivity index (χ3v) is 1.56. The molecule has 0 radical (unpaired) electrons. The molecule has 0 aromatic rings. The van der Waals surface area contributed by atoms with Crippen LogP contribution in [0.5, 0.6) is 0 Å². The van der Waals surface area contributed by atoms with Crippen LogP contribution in [0.2, 0.25) is 0 Å². The summed E-state index contributed by atoms with van der Waals surface area (Å²) in [5, 5.41) is 0. The van der Waals surface area contributed by atoms with E-state index in [2.05, 4.69) is 20.4 Å². The van der Waals surface area contributed by atoms with E-state index in [0.29, 0.717) is 12.0 Å². The Kier molecular flexibility index (Phi) is 4.41. The zero-order chi connectivity index (χ0) is 7.28. The van der Waals surface area contributed by atoms with Gasteiger partial charge in [0, 0.05) is 6.04 Å². The molecule has 2 N–H and O–H groups in total. The predicted octanol–water partition coefficient (Wildman–Crippen LogP) is 1.94. The molecule has 0 aromatic carbocycles. The summed E-state index contributed by atoms with van der Waals surface area (Å²) >= 11 is 0. The van der Waals surface area contributed by atoms with Crippen LogP contribution in [-0.2, 0) is 0 Å². The molecular formula is C8H17N. The normalized spacial score (nSPS) is 13.8. The summed E-state index contributed by atoms with van der Waals surface area (Å²) in [7, 11) is 0. The maximum atomic E-state index is 5.75. The van der Waals surface area contributed by atoms with E-state index < -0.39 is 0 Å². The van der Waals surface area contributed by atoms with Crippen LogP contribution in [0, 0.1) is 5.92 Å². The molecule has 0 rings (SSSR count). The molecule has 0 saturated heterocycles. The van der Waals surface area contributed by atoms with Crippen LogP contribution in [0.3, 0.4) is 0 Å². The van der Waals surface area contributed by atoms with Crippen molar-refractivity contribution in [2.45, 2.75) is 32.7 Å². The molecule has 9 heavy (non-hydrogen) atoms. The van der Waals surface area contributed by atoms with E-state index in [1.807, 2.05) is 6.08 Å². The number of allylic oxidation sites excluding steroid dienone is 1. The highest BCUT2D eigenvalue weighted by Gasteiger charge is 2.04. The second-order valence-electron chi connectivity index (χ2n) is 2.77. The van der Waals surface area contributed by atoms with E-state index in [9.17, 15) is 0 Å². The lowest BCUT2D eigenvalue weighted by molar-refractivity contribution is 0.467. The Morgan fingerprint density at radius 1 is 1.56 bits per heavy atom. The van der Waals surface area contributed by atoms with Gasteiger partial charge in [-0.1, -0.05) is 19.9 Å². The average molecular weight is 127 g/mol. The van der Waals surface area contributed by atoms with Crippen molar-refractivity contribution in [2.24, 2.45) is 11.7 Å². The second-order valence-corrected chi connectivity index (χ2v) is 2.77. The van der Waals surface area contributed by atoms with E-state index in [1.165, 1.54) is 0 Å². The first-order valence-corrected chi connectivity index (χ1v) is 3.55. The van der Waals surface area contributed by atoms with Crippen molar-refractivity contribution in [1.82, 2.24) is 0 Å². The van der Waals surface area contributed by atoms with Gasteiger partial charge in [0.15, 0.2) is 0 Å². The lowest BCUT2D eigenvalue weighted by atomic mass is 10.0. The van der Waals surface area contributed by atoms with Crippen molar-refractivity contribution in [1.29, 1.82) is 0 Å². The Labute approximate surface area is 57.9 Å². The average Bonchev–Trinajstić information content (AvgIpc) is 1.82. The van der Waals surface area contributed by atoms with Crippen LogP contribution < -0.4 is 5.73 Å². The minimum absolute atomic E-state index is 0.350. The third-order valence-electron chi connectivity index (χ3n) is 1.56. The van der Waals surface area contributed by atoms with Crippen molar-refractivity contribution in [2.75, 3.05) is 0 Å². The Hall–Kier alpha value is -0.300. The summed E-state index contributed by atoms with van der Waals surface area (Å²) in [6.07, 6.45) is 4.03. The molecule has 0 saturated carbocycles. The Bertz CT molecular complexity index is 76.6. The number of hydrogen-bond donors (Lipinski definition) is 1. The van der Waals surface area contributed by atoms with Gasteiger partial charge in [-0.2, -0.15) is 0 Å². The van der Waals surface area contributed by atoms with Crippen molar-refractivity contribution in [3.05, 3.63) is 12.7 Å². The Balaban J connectivity index is 3.26. The van der Waals surface area contributed by atoms with Gasteiger partial charge >= 0.3 is 0 Å². The molecule has 0 aliphatic carbocycles. The number of hydrogen-bond acceptors (Lipinski definition) is 1. The van der Waals surface area contributed by atoms with E-state index in [-0.39, 0.29) is 0 Å². The fourth-order valence-corrected chi connectivity index (χ4v) is 0.644. The second kappa shape index (κ2) is 4.57. The molecule has 0 aliphatic rings. The van der Waals surface area contributed by atoms with Crippen LogP contribution in [0.4, 0.5) is 0 Å². The fourth-order valence-electron chi connectivity index (χ4n) is 0.644. The zero-order valence-corrected chi connectivity index (χ0v) is 6.43. The van der Waals surface area contributed by atoms with E-state index >= 15 is 0 Å². The van der Waals surface area contributed by atoms with Crippen LogP contribution in [0.1, 0.15) is 26.7 Å². The minimum Gasteiger partial charge on any atom is -0.327 e. The Morgan fingerprint density at radius 3 is 2.44 bits per heavy atom. The van der Waals surface area contributed by atoms with Gasteiger partial charge in [0.2, 0.25) is 0 Å². The van der Waals surface area contributed by atoms with Crippen molar-refractivity contribution >= 4 is 0 Å². The van der Waals surface area contributed by atoms with E-state index in [0.717, 1.165) is 12.8 Å². The molecule has 0 spiro atoms. The molecule has 0 unspecified atom stereocenters. The van der Waals surface area contributed by atoms with Gasteiger partial charge in [0.1, 0.15) is 0 Å². The lowest BCUT2D eigenvalue weighted by Crippen LogP contribution is -2.25. The zero-order valence-electron chi connectivity index (χ0n) is 6.43. The fraction of sp³-hybridized carbons (Fsp3) is 0.750. The molecule has 1 atom stereocenters. The van der Waals surface area contributed by atoms with Crippen LogP contribution in [0.25, 0.3) is 0 Å². The monoisotopic (exact) mass is 127 g/mol. The third kappa shape index (κ3) is 4.22. The van der Waals surface area contributed by atoms with E-state index in [4.69, 9.17) is 5.73 Å². The summed E-state index contributed by atoms with van der Waals surface area (Å²) in [5.74, 6) is 0.602. The smallest absolute Gasteiger partial charge is 0.00648 e. The van der Waals surface area contributed by atoms with Gasteiger partial charge in [-0.15, -0.1) is 6.58 Å². The highest BCUT2D eigenvalue weighted by Crippen LogP contribution is 2.04. The van der Waals surface area contributed by atoms with Gasteiger partial charge in [0.25, 0.3) is 0 Å². The molecule has 1 heteroatoms. The maximum absolute atomic E-state index is 5.75. The molecule has 0 aromatic heterocycles. The molecule has 0 bridgehead atoms. The lowest BCUT2D eigenvalue weighted by Gasteiger charge is -2.13. The minimum atomic E-state index is 0.350. The van der Waals surface area contributed by atoms with Gasteiger partial charge < -0.3 is 5.73 Å². The molecule has 0 amide bonds. The first-order chi connectivity index (χ1) is 4.18. The first-order valence-electron chi connectivity index (χ1n) is 3.55. The van der Waals surface area contributed by atoms with E-state index in [1.54, 1.807) is 0 Å². The highest BCUT2D eigenvalue weighted by molar-refractivity contribution is 4.72. The molecule has 0 fully saturated rings. The molecular weight excluding hydrogens is 110 g/mol. The van der Waals surface area contributed by atoms with Crippen molar-refractivity contribution in [3.63, 3.8) is 0 Å². The van der Waals surface area contributed by atoms with Gasteiger partial charge in [-0.25, -0.2) is 0 Å². The summed E-state index contributed by atoms with van der Waals surface area (Å²) in [4.78, 5) is 0. The largest absolute Gasteiger partial charge is 0.327 e. The van der Waals surface area contributed by atoms with Crippen LogP contribution in [-0.4, -0.2) is 6.04 Å². The van der Waals surface area contributed by atoms with Gasteiger partial charge in [0.05, 0.1) is 0 Å². The van der Waals surface area contributed by atoms with Crippen LogP contribution in [0.15, 0.2) is 12.7 Å². The molecule has 0 heterocycles.